The maximum Gasteiger partial charge on any atom is 0.334 e. The van der Waals surface area contributed by atoms with E-state index in [1.165, 1.54) is 12.1 Å². The Balaban J connectivity index is 1.69. The molecule has 0 aromatic heterocycles. The molecule has 1 fully saturated rings. The molecule has 0 N–H and O–H groups in total. The monoisotopic (exact) mass is 331 g/mol. The van der Waals surface area contributed by atoms with Crippen LogP contribution in [0.2, 0.25) is 0 Å². The number of amides is 2. The van der Waals surface area contributed by atoms with Crippen LogP contribution in [0.1, 0.15) is 53.3 Å². The summed E-state index contributed by atoms with van der Waals surface area (Å²) in [6.45, 7) is 1.93. The van der Waals surface area contributed by atoms with Crippen LogP contribution in [0.4, 0.5) is 0 Å². The summed E-state index contributed by atoms with van der Waals surface area (Å²) < 4.78 is 5.02. The molecule has 0 radical (unpaired) electrons. The molecule has 1 saturated carbocycles. The molecule has 1 heterocycles. The van der Waals surface area contributed by atoms with Gasteiger partial charge in [-0.3, -0.25) is 14.4 Å². The van der Waals surface area contributed by atoms with Crippen molar-refractivity contribution in [2.75, 3.05) is 6.61 Å². The van der Waals surface area contributed by atoms with Crippen LogP contribution >= 0.6 is 0 Å². The van der Waals surface area contributed by atoms with Crippen LogP contribution in [0.5, 0.6) is 0 Å². The predicted molar refractivity (Wildman–Crippen MR) is 80.6 cm³/mol. The van der Waals surface area contributed by atoms with E-state index in [0.29, 0.717) is 17.9 Å². The Kier molecular flexibility index (Phi) is 4.09. The van der Waals surface area contributed by atoms with Gasteiger partial charge in [-0.1, -0.05) is 23.6 Å². The Morgan fingerprint density at radius 2 is 1.71 bits per heavy atom. The third kappa shape index (κ3) is 2.55. The number of ether oxygens (including phenoxy) is 1. The fraction of sp³-hybridized carbons (Fsp3) is 0.412. The summed E-state index contributed by atoms with van der Waals surface area (Å²) >= 11 is 0. The maximum atomic E-state index is 12.2. The van der Waals surface area contributed by atoms with Gasteiger partial charge in [0.05, 0.1) is 29.6 Å². The number of esters is 1. The molecule has 0 bridgehead atoms. The van der Waals surface area contributed by atoms with E-state index >= 15 is 0 Å². The minimum absolute atomic E-state index is 0.194. The highest BCUT2D eigenvalue weighted by Crippen LogP contribution is 2.45. The molecule has 0 atom stereocenters. The summed E-state index contributed by atoms with van der Waals surface area (Å²) in [6.07, 6.45) is 1.67. The van der Waals surface area contributed by atoms with Crippen molar-refractivity contribution in [1.82, 2.24) is 5.06 Å². The van der Waals surface area contributed by atoms with Gasteiger partial charge in [-0.2, -0.15) is 0 Å². The summed E-state index contributed by atoms with van der Waals surface area (Å²) in [5, 5.41) is 0.463. The number of benzene rings is 1. The van der Waals surface area contributed by atoms with Crippen molar-refractivity contribution >= 4 is 23.8 Å². The fourth-order valence-electron chi connectivity index (χ4n) is 3.00. The Morgan fingerprint density at radius 3 is 2.17 bits per heavy atom. The van der Waals surface area contributed by atoms with E-state index in [4.69, 9.17) is 9.57 Å². The number of nitrogens with zero attached hydrogens (tertiary/aromatic N) is 1. The quantitative estimate of drug-likeness (QED) is 0.604. The van der Waals surface area contributed by atoms with Gasteiger partial charge < -0.3 is 9.57 Å². The van der Waals surface area contributed by atoms with Crippen LogP contribution in [0.25, 0.3) is 0 Å². The highest BCUT2D eigenvalue weighted by atomic mass is 16.7. The normalized spacial score (nSPS) is 18.0. The van der Waals surface area contributed by atoms with Crippen LogP contribution < -0.4 is 0 Å². The van der Waals surface area contributed by atoms with Crippen LogP contribution in [0.15, 0.2) is 24.3 Å². The van der Waals surface area contributed by atoms with Gasteiger partial charge in [0, 0.05) is 0 Å². The summed E-state index contributed by atoms with van der Waals surface area (Å²) in [5.74, 6) is -2.58. The number of rotatable bonds is 5. The minimum atomic E-state index is -0.897. The molecule has 1 aromatic rings. The van der Waals surface area contributed by atoms with Crippen molar-refractivity contribution in [2.24, 2.45) is 5.41 Å². The molecule has 7 nitrogen and oxygen atoms in total. The van der Waals surface area contributed by atoms with Gasteiger partial charge in [-0.25, -0.2) is 4.79 Å². The van der Waals surface area contributed by atoms with Crippen LogP contribution in [0.3, 0.4) is 0 Å². The predicted octanol–water partition coefficient (Wildman–Crippen LogP) is 1.86. The molecule has 3 rings (SSSR count). The number of carbonyl (C=O) groups is 4. The van der Waals surface area contributed by atoms with Crippen molar-refractivity contribution in [3.63, 3.8) is 0 Å². The maximum absolute atomic E-state index is 12.2. The van der Waals surface area contributed by atoms with E-state index in [1.54, 1.807) is 19.1 Å². The van der Waals surface area contributed by atoms with Crippen LogP contribution in [-0.4, -0.2) is 35.4 Å². The molecule has 126 valence electrons. The summed E-state index contributed by atoms with van der Waals surface area (Å²) in [4.78, 5) is 53.5. The number of imide groups is 1. The molecule has 24 heavy (non-hydrogen) atoms. The van der Waals surface area contributed by atoms with E-state index in [9.17, 15) is 19.2 Å². The lowest BCUT2D eigenvalue weighted by Crippen LogP contribution is -2.43. The number of hydroxylamine groups is 2. The van der Waals surface area contributed by atoms with Crippen molar-refractivity contribution in [1.29, 1.82) is 0 Å². The zero-order valence-electron chi connectivity index (χ0n) is 13.2. The topological polar surface area (TPSA) is 90.0 Å². The second kappa shape index (κ2) is 6.07. The molecule has 2 amide bonds. The lowest BCUT2D eigenvalue weighted by atomic mass is 9.66. The van der Waals surface area contributed by atoms with Crippen molar-refractivity contribution in [3.8, 4) is 0 Å². The van der Waals surface area contributed by atoms with Crippen molar-refractivity contribution < 1.29 is 28.8 Å². The van der Waals surface area contributed by atoms with E-state index in [2.05, 4.69) is 0 Å². The molecule has 2 aliphatic rings. The molecule has 1 aromatic carbocycles. The number of hydrogen-bond donors (Lipinski definition) is 0. The number of hydrogen-bond acceptors (Lipinski definition) is 6. The van der Waals surface area contributed by atoms with Gasteiger partial charge in [-0.05, 0) is 31.9 Å². The molecular weight excluding hydrogens is 314 g/mol. The summed E-state index contributed by atoms with van der Waals surface area (Å²) in [7, 11) is 0. The van der Waals surface area contributed by atoms with Gasteiger partial charge in [-0.15, -0.1) is 0 Å². The minimum Gasteiger partial charge on any atom is -0.466 e. The third-order valence-electron chi connectivity index (χ3n) is 4.45. The average molecular weight is 331 g/mol. The van der Waals surface area contributed by atoms with Crippen LogP contribution in [-0.2, 0) is 19.2 Å². The van der Waals surface area contributed by atoms with Gasteiger partial charge in [0.25, 0.3) is 11.8 Å². The van der Waals surface area contributed by atoms with Crippen LogP contribution in [0, 0.1) is 5.41 Å². The molecule has 1 aliphatic heterocycles. The Morgan fingerprint density at radius 1 is 1.12 bits per heavy atom. The molecule has 0 unspecified atom stereocenters. The van der Waals surface area contributed by atoms with E-state index in [1.807, 2.05) is 0 Å². The fourth-order valence-corrected chi connectivity index (χ4v) is 3.00. The first-order valence-corrected chi connectivity index (χ1v) is 7.84. The Hall–Kier alpha value is -2.70. The summed E-state index contributed by atoms with van der Waals surface area (Å²) in [5.41, 5.74) is -0.510. The zero-order valence-corrected chi connectivity index (χ0v) is 13.2. The molecule has 0 spiro atoms. The van der Waals surface area contributed by atoms with Gasteiger partial charge >= 0.3 is 11.9 Å². The summed E-state index contributed by atoms with van der Waals surface area (Å²) in [6, 6.07) is 6.24. The highest BCUT2D eigenvalue weighted by molar-refractivity contribution is 6.20. The first-order valence-electron chi connectivity index (χ1n) is 7.84. The third-order valence-corrected chi connectivity index (χ3v) is 4.45. The van der Waals surface area contributed by atoms with E-state index in [0.717, 1.165) is 6.42 Å². The van der Waals surface area contributed by atoms with Gasteiger partial charge in [0.1, 0.15) is 0 Å². The lowest BCUT2D eigenvalue weighted by Gasteiger charge is -2.38. The average Bonchev–Trinajstić information content (AvgIpc) is 2.77. The zero-order chi connectivity index (χ0) is 17.3. The molecule has 7 heteroatoms. The first-order chi connectivity index (χ1) is 11.5. The van der Waals surface area contributed by atoms with Gasteiger partial charge in [0.2, 0.25) is 0 Å². The molecule has 0 saturated heterocycles. The Bertz CT molecular complexity index is 687. The SMILES string of the molecule is CCOC(=O)C1(CC(=O)ON2C(=O)c3ccccc3C2=O)CCC1. The first kappa shape index (κ1) is 16.2. The van der Waals surface area contributed by atoms with E-state index in [-0.39, 0.29) is 24.2 Å². The van der Waals surface area contributed by atoms with Crippen molar-refractivity contribution in [3.05, 3.63) is 35.4 Å². The van der Waals surface area contributed by atoms with Crippen molar-refractivity contribution in [2.45, 2.75) is 32.6 Å². The molecule has 1 aliphatic carbocycles. The van der Waals surface area contributed by atoms with E-state index < -0.39 is 29.2 Å². The standard InChI is InChI=1S/C17H17NO6/c1-2-23-16(22)17(8-5-9-17)10-13(19)24-18-14(20)11-6-3-4-7-12(11)15(18)21/h3-4,6-7H,2,5,8-10H2,1H3. The second-order valence-electron chi connectivity index (χ2n) is 5.94. The molecular formula is C17H17NO6. The number of fused-ring (bicyclic) bond motifs is 1. The lowest BCUT2D eigenvalue weighted by molar-refractivity contribution is -0.180. The smallest absolute Gasteiger partial charge is 0.334 e. The Labute approximate surface area is 138 Å². The largest absolute Gasteiger partial charge is 0.466 e. The number of carbonyl (C=O) groups excluding carboxylic acids is 4. The second-order valence-corrected chi connectivity index (χ2v) is 5.94. The van der Waals surface area contributed by atoms with Gasteiger partial charge in [0.15, 0.2) is 0 Å². The highest BCUT2D eigenvalue weighted by Gasteiger charge is 2.48.